The van der Waals surface area contributed by atoms with Gasteiger partial charge in [0.15, 0.2) is 6.54 Å². The molecule has 0 aromatic carbocycles. The van der Waals surface area contributed by atoms with Crippen molar-refractivity contribution in [2.75, 3.05) is 6.61 Å². The van der Waals surface area contributed by atoms with Gasteiger partial charge in [0.05, 0.1) is 16.6 Å². The van der Waals surface area contributed by atoms with Gasteiger partial charge < -0.3 is 14.9 Å². The van der Waals surface area contributed by atoms with Gasteiger partial charge in [-0.15, -0.1) is 0 Å². The van der Waals surface area contributed by atoms with Gasteiger partial charge in [-0.2, -0.15) is 4.68 Å². The number of nitro groups is 2. The fourth-order valence-electron chi connectivity index (χ4n) is 1.34. The minimum Gasteiger partial charge on any atom is -0.465 e. The standard InChI is InChI=1S/C8H10N4O6/c1-3-18-6(13)4-10-5(2)7(11(14)15)8(9-10)12(16)17/h3-4H2,1-2H3. The Hall–Kier alpha value is -2.52. The van der Waals surface area contributed by atoms with Gasteiger partial charge in [-0.25, -0.2) is 4.79 Å². The number of rotatable bonds is 5. The Kier molecular flexibility index (Phi) is 3.92. The number of carbonyl (C=O) groups excluding carboxylic acids is 1. The average Bonchev–Trinajstić information content (AvgIpc) is 2.56. The fourth-order valence-corrected chi connectivity index (χ4v) is 1.34. The van der Waals surface area contributed by atoms with Crippen LogP contribution in [0.2, 0.25) is 0 Å². The van der Waals surface area contributed by atoms with Gasteiger partial charge in [0.25, 0.3) is 0 Å². The predicted octanol–water partition coefficient (Wildman–Crippen LogP) is 0.571. The summed E-state index contributed by atoms with van der Waals surface area (Å²) in [5.41, 5.74) is -0.788. The molecule has 0 amide bonds. The van der Waals surface area contributed by atoms with Gasteiger partial charge >= 0.3 is 17.5 Å². The molecule has 1 rings (SSSR count). The van der Waals surface area contributed by atoms with E-state index >= 15 is 0 Å². The Morgan fingerprint density at radius 2 is 2.00 bits per heavy atom. The summed E-state index contributed by atoms with van der Waals surface area (Å²) in [6.45, 7) is 2.60. The quantitative estimate of drug-likeness (QED) is 0.428. The predicted molar refractivity (Wildman–Crippen MR) is 56.9 cm³/mol. The molecular formula is C8H10N4O6. The van der Waals surface area contributed by atoms with Gasteiger partial charge in [-0.1, -0.05) is 0 Å². The molecule has 10 nitrogen and oxygen atoms in total. The highest BCUT2D eigenvalue weighted by Gasteiger charge is 2.35. The molecule has 0 unspecified atom stereocenters. The Morgan fingerprint density at radius 3 is 2.39 bits per heavy atom. The minimum absolute atomic E-state index is 0.0697. The first-order valence-electron chi connectivity index (χ1n) is 4.90. The zero-order valence-corrected chi connectivity index (χ0v) is 9.65. The maximum absolute atomic E-state index is 11.2. The zero-order valence-electron chi connectivity index (χ0n) is 9.65. The highest BCUT2D eigenvalue weighted by atomic mass is 16.6. The molecule has 1 aromatic heterocycles. The van der Waals surface area contributed by atoms with E-state index in [1.54, 1.807) is 6.92 Å². The Balaban J connectivity index is 3.15. The van der Waals surface area contributed by atoms with Crippen molar-refractivity contribution >= 4 is 17.5 Å². The van der Waals surface area contributed by atoms with Crippen molar-refractivity contribution in [3.63, 3.8) is 0 Å². The molecule has 1 heterocycles. The summed E-state index contributed by atoms with van der Waals surface area (Å²) in [6, 6.07) is 0. The molecule has 0 radical (unpaired) electrons. The van der Waals surface area contributed by atoms with Crippen molar-refractivity contribution in [3.05, 3.63) is 25.9 Å². The van der Waals surface area contributed by atoms with Gasteiger partial charge in [-0.3, -0.25) is 10.1 Å². The lowest BCUT2D eigenvalue weighted by Gasteiger charge is -1.99. The number of carbonyl (C=O) groups is 1. The van der Waals surface area contributed by atoms with Crippen LogP contribution in [0.3, 0.4) is 0 Å². The molecule has 0 saturated heterocycles. The summed E-state index contributed by atoms with van der Waals surface area (Å²) in [5, 5.41) is 24.7. The van der Waals surface area contributed by atoms with E-state index < -0.39 is 33.9 Å². The van der Waals surface area contributed by atoms with E-state index in [1.807, 2.05) is 0 Å². The van der Waals surface area contributed by atoms with E-state index in [2.05, 4.69) is 9.84 Å². The van der Waals surface area contributed by atoms with Crippen LogP contribution in [-0.2, 0) is 16.1 Å². The molecule has 0 spiro atoms. The molecule has 0 aliphatic heterocycles. The maximum atomic E-state index is 11.2. The van der Waals surface area contributed by atoms with Crippen molar-refractivity contribution in [2.24, 2.45) is 0 Å². The third kappa shape index (κ3) is 2.59. The SMILES string of the molecule is CCOC(=O)Cn1nc([N+](=O)[O-])c([N+](=O)[O-])c1C. The van der Waals surface area contributed by atoms with Crippen LogP contribution in [0.5, 0.6) is 0 Å². The summed E-state index contributed by atoms with van der Waals surface area (Å²) < 4.78 is 5.51. The van der Waals surface area contributed by atoms with Crippen LogP contribution in [0.25, 0.3) is 0 Å². The third-order valence-electron chi connectivity index (χ3n) is 2.10. The topological polar surface area (TPSA) is 130 Å². The Morgan fingerprint density at radius 1 is 1.39 bits per heavy atom. The van der Waals surface area contributed by atoms with E-state index in [-0.39, 0.29) is 12.3 Å². The van der Waals surface area contributed by atoms with Gasteiger partial charge in [-0.05, 0) is 18.8 Å². The number of hydrogen-bond donors (Lipinski definition) is 0. The molecule has 0 fully saturated rings. The van der Waals surface area contributed by atoms with E-state index in [0.717, 1.165) is 4.68 Å². The van der Waals surface area contributed by atoms with Gasteiger partial charge in [0.2, 0.25) is 0 Å². The number of nitrogens with zero attached hydrogens (tertiary/aromatic N) is 4. The Bertz CT molecular complexity index is 508. The second-order valence-corrected chi connectivity index (χ2v) is 3.23. The second kappa shape index (κ2) is 5.21. The summed E-state index contributed by atoms with van der Waals surface area (Å²) in [4.78, 5) is 30.7. The summed E-state index contributed by atoms with van der Waals surface area (Å²) >= 11 is 0. The molecule has 18 heavy (non-hydrogen) atoms. The molecule has 0 saturated carbocycles. The molecule has 98 valence electrons. The molecule has 0 N–H and O–H groups in total. The van der Waals surface area contributed by atoms with Crippen LogP contribution in [0.1, 0.15) is 12.6 Å². The smallest absolute Gasteiger partial charge is 0.465 e. The molecule has 0 atom stereocenters. The highest BCUT2D eigenvalue weighted by Crippen LogP contribution is 2.28. The fraction of sp³-hybridized carbons (Fsp3) is 0.500. The third-order valence-corrected chi connectivity index (χ3v) is 2.10. The van der Waals surface area contributed by atoms with E-state index in [4.69, 9.17) is 0 Å². The molecular weight excluding hydrogens is 248 g/mol. The first-order chi connectivity index (χ1) is 8.38. The van der Waals surface area contributed by atoms with Crippen molar-refractivity contribution < 1.29 is 19.4 Å². The van der Waals surface area contributed by atoms with E-state index in [0.29, 0.717) is 0 Å². The van der Waals surface area contributed by atoms with Crippen LogP contribution in [0, 0.1) is 27.2 Å². The number of aromatic nitrogens is 2. The monoisotopic (exact) mass is 258 g/mol. The molecule has 0 aliphatic carbocycles. The normalized spacial score (nSPS) is 10.1. The zero-order chi connectivity index (χ0) is 13.9. The maximum Gasteiger partial charge on any atom is 0.468 e. The summed E-state index contributed by atoms with van der Waals surface area (Å²) in [5.74, 6) is -1.56. The number of ether oxygens (including phenoxy) is 1. The lowest BCUT2D eigenvalue weighted by atomic mass is 10.4. The molecule has 0 bridgehead atoms. The van der Waals surface area contributed by atoms with Crippen molar-refractivity contribution in [1.29, 1.82) is 0 Å². The van der Waals surface area contributed by atoms with Crippen LogP contribution in [-0.4, -0.2) is 32.2 Å². The van der Waals surface area contributed by atoms with E-state index in [1.165, 1.54) is 6.92 Å². The lowest BCUT2D eigenvalue weighted by molar-refractivity contribution is -0.424. The minimum atomic E-state index is -0.965. The number of esters is 1. The molecule has 10 heteroatoms. The second-order valence-electron chi connectivity index (χ2n) is 3.23. The van der Waals surface area contributed by atoms with Crippen LogP contribution in [0.4, 0.5) is 11.5 Å². The van der Waals surface area contributed by atoms with Gasteiger partial charge in [0.1, 0.15) is 5.69 Å². The van der Waals surface area contributed by atoms with Crippen molar-refractivity contribution in [1.82, 2.24) is 9.78 Å². The first-order valence-corrected chi connectivity index (χ1v) is 4.90. The van der Waals surface area contributed by atoms with Crippen LogP contribution < -0.4 is 0 Å². The highest BCUT2D eigenvalue weighted by molar-refractivity contribution is 5.69. The van der Waals surface area contributed by atoms with Crippen molar-refractivity contribution in [3.8, 4) is 0 Å². The van der Waals surface area contributed by atoms with Crippen LogP contribution in [0.15, 0.2) is 0 Å². The molecule has 1 aromatic rings. The Labute approximate surface area is 100 Å². The first kappa shape index (κ1) is 13.5. The summed E-state index contributed by atoms with van der Waals surface area (Å²) in [7, 11) is 0. The van der Waals surface area contributed by atoms with Crippen molar-refractivity contribution in [2.45, 2.75) is 20.4 Å². The molecule has 0 aliphatic rings. The van der Waals surface area contributed by atoms with Gasteiger partial charge in [0, 0.05) is 0 Å². The number of hydrogen-bond acceptors (Lipinski definition) is 7. The lowest BCUT2D eigenvalue weighted by Crippen LogP contribution is -2.15. The van der Waals surface area contributed by atoms with E-state index in [9.17, 15) is 25.0 Å². The largest absolute Gasteiger partial charge is 0.468 e. The average molecular weight is 258 g/mol. The summed E-state index contributed by atoms with van der Waals surface area (Å²) in [6.07, 6.45) is 0. The van der Waals surface area contributed by atoms with Crippen LogP contribution >= 0.6 is 0 Å².